The number of para-hydroxylation sites is 2. The molecule has 0 aliphatic heterocycles. The summed E-state index contributed by atoms with van der Waals surface area (Å²) in [6.07, 6.45) is 0.885. The van der Waals surface area contributed by atoms with Crippen molar-refractivity contribution in [2.45, 2.75) is 37.3 Å². The molecule has 0 radical (unpaired) electrons. The summed E-state index contributed by atoms with van der Waals surface area (Å²) in [6, 6.07) is 15.7. The Hall–Kier alpha value is -2.98. The van der Waals surface area contributed by atoms with Crippen LogP contribution in [-0.4, -0.2) is 24.9 Å². The summed E-state index contributed by atoms with van der Waals surface area (Å²) < 4.78 is 26.5. The number of nitrogens with one attached hydrogen (secondary N) is 1. The fraction of sp³-hybridized carbons (Fsp3) is 0.318. The Labute approximate surface area is 171 Å². The van der Waals surface area contributed by atoms with Crippen LogP contribution in [0.5, 0.6) is 0 Å². The number of nitriles is 1. The molecule has 0 spiro atoms. The van der Waals surface area contributed by atoms with Crippen LogP contribution < -0.4 is 5.32 Å². The van der Waals surface area contributed by atoms with Crippen LogP contribution >= 0.6 is 0 Å². The molecule has 1 aromatic heterocycles. The van der Waals surface area contributed by atoms with Crippen molar-refractivity contribution < 1.29 is 8.42 Å². The zero-order chi connectivity index (χ0) is 21.0. The number of nitrogens with zero attached hydrogens (tertiary/aromatic N) is 3. The van der Waals surface area contributed by atoms with E-state index in [-0.39, 0.29) is 10.6 Å². The van der Waals surface area contributed by atoms with Crippen LogP contribution in [-0.2, 0) is 9.84 Å². The Morgan fingerprint density at radius 1 is 1.03 bits per heavy atom. The summed E-state index contributed by atoms with van der Waals surface area (Å²) in [5.41, 5.74) is 2.28. The van der Waals surface area contributed by atoms with Crippen molar-refractivity contribution in [1.29, 1.82) is 5.26 Å². The molecule has 0 amide bonds. The van der Waals surface area contributed by atoms with Gasteiger partial charge in [-0.3, -0.25) is 0 Å². The maximum Gasteiger partial charge on any atom is 0.200 e. The molecule has 0 aliphatic rings. The quantitative estimate of drug-likeness (QED) is 0.621. The maximum atomic E-state index is 13.2. The Morgan fingerprint density at radius 2 is 1.66 bits per heavy atom. The first kappa shape index (κ1) is 20.7. The molecule has 0 saturated carbocycles. The SMILES string of the molecule is Cc1ccc(S(=O)(=O)[C@H](C#N)c2nc3ccccc3nc2NCCC(C)C)cc1. The van der Waals surface area contributed by atoms with Gasteiger partial charge in [-0.2, -0.15) is 5.26 Å². The van der Waals surface area contributed by atoms with Crippen molar-refractivity contribution in [2.75, 3.05) is 11.9 Å². The van der Waals surface area contributed by atoms with Crippen molar-refractivity contribution in [3.63, 3.8) is 0 Å². The molecule has 3 rings (SSSR count). The lowest BCUT2D eigenvalue weighted by Crippen LogP contribution is -2.18. The minimum absolute atomic E-state index is 0.0951. The highest BCUT2D eigenvalue weighted by atomic mass is 32.2. The lowest BCUT2D eigenvalue weighted by atomic mass is 10.1. The van der Waals surface area contributed by atoms with Crippen molar-refractivity contribution in [2.24, 2.45) is 5.92 Å². The summed E-state index contributed by atoms with van der Waals surface area (Å²) in [4.78, 5) is 9.19. The molecule has 0 aliphatic carbocycles. The van der Waals surface area contributed by atoms with Crippen LogP contribution in [0, 0.1) is 24.2 Å². The molecule has 29 heavy (non-hydrogen) atoms. The molecule has 6 nitrogen and oxygen atoms in total. The normalized spacial score (nSPS) is 12.7. The third-order valence-corrected chi connectivity index (χ3v) is 6.52. The van der Waals surface area contributed by atoms with E-state index in [2.05, 4.69) is 29.1 Å². The Bertz CT molecular complexity index is 1150. The van der Waals surface area contributed by atoms with E-state index in [9.17, 15) is 13.7 Å². The third kappa shape index (κ3) is 4.54. The van der Waals surface area contributed by atoms with Gasteiger partial charge in [0, 0.05) is 6.54 Å². The first-order chi connectivity index (χ1) is 13.8. The van der Waals surface area contributed by atoms with Gasteiger partial charge < -0.3 is 5.32 Å². The number of hydrogen-bond acceptors (Lipinski definition) is 6. The number of aromatic nitrogens is 2. The molecule has 2 aromatic carbocycles. The average Bonchev–Trinajstić information content (AvgIpc) is 2.68. The van der Waals surface area contributed by atoms with Gasteiger partial charge in [0.25, 0.3) is 0 Å². The van der Waals surface area contributed by atoms with Gasteiger partial charge in [0.2, 0.25) is 9.84 Å². The van der Waals surface area contributed by atoms with E-state index in [0.29, 0.717) is 29.3 Å². The number of sulfone groups is 1. The van der Waals surface area contributed by atoms with Crippen LogP contribution in [0.3, 0.4) is 0 Å². The summed E-state index contributed by atoms with van der Waals surface area (Å²) in [6.45, 7) is 6.70. The van der Waals surface area contributed by atoms with Crippen molar-refractivity contribution >= 4 is 26.7 Å². The van der Waals surface area contributed by atoms with E-state index in [1.54, 1.807) is 18.2 Å². The maximum absolute atomic E-state index is 13.2. The molecule has 150 valence electrons. The fourth-order valence-corrected chi connectivity index (χ4v) is 4.33. The van der Waals surface area contributed by atoms with Crippen LogP contribution in [0.1, 0.15) is 36.8 Å². The second-order valence-corrected chi connectivity index (χ2v) is 9.46. The van der Waals surface area contributed by atoms with Gasteiger partial charge in [-0.25, -0.2) is 18.4 Å². The van der Waals surface area contributed by atoms with Gasteiger partial charge in [0.15, 0.2) is 11.1 Å². The number of hydrogen-bond donors (Lipinski definition) is 1. The number of rotatable bonds is 7. The molecular weight excluding hydrogens is 384 g/mol. The molecule has 3 aromatic rings. The largest absolute Gasteiger partial charge is 0.368 e. The first-order valence-corrected chi connectivity index (χ1v) is 11.1. The number of aryl methyl sites for hydroxylation is 1. The highest BCUT2D eigenvalue weighted by Crippen LogP contribution is 2.32. The van der Waals surface area contributed by atoms with E-state index >= 15 is 0 Å². The van der Waals surface area contributed by atoms with Gasteiger partial charge >= 0.3 is 0 Å². The molecule has 1 atom stereocenters. The summed E-state index contributed by atoms with van der Waals surface area (Å²) >= 11 is 0. The molecular formula is C22H24N4O2S. The van der Waals surface area contributed by atoms with Crippen LogP contribution in [0.2, 0.25) is 0 Å². The Morgan fingerprint density at radius 3 is 2.24 bits per heavy atom. The lowest BCUT2D eigenvalue weighted by Gasteiger charge is -2.16. The van der Waals surface area contributed by atoms with Crippen LogP contribution in [0.25, 0.3) is 11.0 Å². The predicted molar refractivity (Wildman–Crippen MR) is 114 cm³/mol. The molecule has 0 bridgehead atoms. The predicted octanol–water partition coefficient (Wildman–Crippen LogP) is 4.43. The van der Waals surface area contributed by atoms with Gasteiger partial charge in [0.05, 0.1) is 22.0 Å². The average molecular weight is 409 g/mol. The van der Waals surface area contributed by atoms with Gasteiger partial charge in [-0.15, -0.1) is 0 Å². The minimum atomic E-state index is -3.96. The summed E-state index contributed by atoms with van der Waals surface area (Å²) in [5.74, 6) is 0.814. The van der Waals surface area contributed by atoms with E-state index in [4.69, 9.17) is 0 Å². The Kier molecular flexibility index (Phi) is 6.14. The second kappa shape index (κ2) is 8.58. The van der Waals surface area contributed by atoms with E-state index in [0.717, 1.165) is 12.0 Å². The van der Waals surface area contributed by atoms with Crippen LogP contribution in [0.15, 0.2) is 53.4 Å². The molecule has 7 heteroatoms. The van der Waals surface area contributed by atoms with E-state index < -0.39 is 15.1 Å². The first-order valence-electron chi connectivity index (χ1n) is 9.53. The highest BCUT2D eigenvalue weighted by Gasteiger charge is 2.33. The number of benzene rings is 2. The number of anilines is 1. The standard InChI is InChI=1S/C22H24N4O2S/c1-15(2)12-13-24-22-21(25-18-6-4-5-7-19(18)26-22)20(14-23)29(27,28)17-10-8-16(3)9-11-17/h4-11,15,20H,12-13H2,1-3H3,(H,24,26)/t20-/m1/s1. The monoisotopic (exact) mass is 408 g/mol. The topological polar surface area (TPSA) is 95.7 Å². The Balaban J connectivity index is 2.11. The molecule has 1 N–H and O–H groups in total. The van der Waals surface area contributed by atoms with Gasteiger partial charge in [0.1, 0.15) is 5.69 Å². The summed E-state index contributed by atoms with van der Waals surface area (Å²) in [7, 11) is -3.96. The van der Waals surface area contributed by atoms with Crippen molar-refractivity contribution in [3.8, 4) is 6.07 Å². The smallest absolute Gasteiger partial charge is 0.200 e. The molecule has 0 fully saturated rings. The van der Waals surface area contributed by atoms with Gasteiger partial charge in [-0.1, -0.05) is 43.7 Å². The second-order valence-electron chi connectivity index (χ2n) is 7.42. The molecule has 0 saturated heterocycles. The third-order valence-electron chi connectivity index (χ3n) is 4.64. The van der Waals surface area contributed by atoms with E-state index in [1.165, 1.54) is 12.1 Å². The minimum Gasteiger partial charge on any atom is -0.368 e. The van der Waals surface area contributed by atoms with Gasteiger partial charge in [-0.05, 0) is 43.5 Å². The van der Waals surface area contributed by atoms with Crippen molar-refractivity contribution in [3.05, 3.63) is 59.8 Å². The fourth-order valence-electron chi connectivity index (χ4n) is 2.95. The molecule has 1 heterocycles. The number of fused-ring (bicyclic) bond motifs is 1. The van der Waals surface area contributed by atoms with E-state index in [1.807, 2.05) is 31.2 Å². The van der Waals surface area contributed by atoms with Crippen LogP contribution in [0.4, 0.5) is 5.82 Å². The highest BCUT2D eigenvalue weighted by molar-refractivity contribution is 7.92. The summed E-state index contributed by atoms with van der Waals surface area (Å²) in [5, 5.41) is 11.6. The zero-order valence-electron chi connectivity index (χ0n) is 16.8. The lowest BCUT2D eigenvalue weighted by molar-refractivity contribution is 0.589. The van der Waals surface area contributed by atoms with Crippen molar-refractivity contribution in [1.82, 2.24) is 9.97 Å². The zero-order valence-corrected chi connectivity index (χ0v) is 17.6. The molecule has 0 unspecified atom stereocenters.